The molecule has 0 aliphatic heterocycles. The van der Waals surface area contributed by atoms with Crippen molar-refractivity contribution >= 4 is 5.91 Å². The van der Waals surface area contributed by atoms with Gasteiger partial charge in [0, 0.05) is 6.42 Å². The number of allylic oxidation sites excluding steroid dienone is 5. The minimum absolute atomic E-state index is 0.0665. The molecule has 2 atom stereocenters. The fourth-order valence-corrected chi connectivity index (χ4v) is 10.0. The minimum atomic E-state index is -0.861. The first-order chi connectivity index (χ1) is 34.2. The van der Waals surface area contributed by atoms with Crippen LogP contribution in [0.15, 0.2) is 36.5 Å². The van der Waals surface area contributed by atoms with Crippen molar-refractivity contribution in [2.75, 3.05) is 6.61 Å². The Morgan fingerprint density at radius 3 is 0.841 bits per heavy atom. The highest BCUT2D eigenvalue weighted by molar-refractivity contribution is 5.76. The zero-order chi connectivity index (χ0) is 49.9. The standard InChI is InChI=1S/C65H125NO3/c1-3-5-7-9-11-13-15-17-19-21-23-25-27-28-29-30-31-32-33-34-35-36-37-38-39-41-43-45-47-49-51-53-55-57-59-61-65(69)66-63(62-67)64(68)60-58-56-54-52-50-48-46-44-42-40-26-24-22-20-18-16-14-12-10-8-6-4-2/h21,23,50,52,58,60,63-64,67-68H,3-20,22,24-49,51,53-57,59,61-62H2,1-2H3,(H,66,69)/b23-21-,52-50+,60-58+. The van der Waals surface area contributed by atoms with E-state index in [1.54, 1.807) is 6.08 Å². The zero-order valence-corrected chi connectivity index (χ0v) is 47.1. The summed E-state index contributed by atoms with van der Waals surface area (Å²) in [6, 6.07) is -0.638. The van der Waals surface area contributed by atoms with E-state index in [0.717, 1.165) is 32.1 Å². The van der Waals surface area contributed by atoms with E-state index < -0.39 is 12.1 Å². The average Bonchev–Trinajstić information content (AvgIpc) is 3.35. The number of unbranched alkanes of at least 4 members (excludes halogenated alkanes) is 48. The molecule has 0 aliphatic rings. The molecular formula is C65H125NO3. The van der Waals surface area contributed by atoms with Gasteiger partial charge in [-0.15, -0.1) is 0 Å². The third-order valence-electron chi connectivity index (χ3n) is 14.8. The van der Waals surface area contributed by atoms with E-state index in [2.05, 4.69) is 43.5 Å². The van der Waals surface area contributed by atoms with Crippen LogP contribution in [0.3, 0.4) is 0 Å². The maximum Gasteiger partial charge on any atom is 0.220 e. The van der Waals surface area contributed by atoms with Crippen molar-refractivity contribution in [1.82, 2.24) is 5.32 Å². The van der Waals surface area contributed by atoms with Crippen LogP contribution in [-0.4, -0.2) is 34.9 Å². The third-order valence-corrected chi connectivity index (χ3v) is 14.8. The maximum atomic E-state index is 12.5. The van der Waals surface area contributed by atoms with Crippen LogP contribution >= 0.6 is 0 Å². The van der Waals surface area contributed by atoms with Crippen molar-refractivity contribution in [3.8, 4) is 0 Å². The SMILES string of the molecule is CCCCCCCCCC/C=C\CCCCCCCCCCCCCCCCCCCCCCCCCC(=O)NC(CO)C(O)/C=C/CC/C=C/CCCCCCCCCCCCCCCCCC. The number of carbonyl (C=O) groups excluding carboxylic acids is 1. The molecular weight excluding hydrogens is 843 g/mol. The van der Waals surface area contributed by atoms with Gasteiger partial charge in [0.25, 0.3) is 0 Å². The molecule has 0 aromatic rings. The Balaban J connectivity index is 3.44. The van der Waals surface area contributed by atoms with Crippen molar-refractivity contribution in [2.45, 2.75) is 366 Å². The normalized spacial score (nSPS) is 12.9. The molecule has 1 amide bonds. The lowest BCUT2D eigenvalue weighted by molar-refractivity contribution is -0.123. The largest absolute Gasteiger partial charge is 0.394 e. The van der Waals surface area contributed by atoms with Crippen LogP contribution in [0.2, 0.25) is 0 Å². The number of hydrogen-bond acceptors (Lipinski definition) is 3. The Hall–Kier alpha value is -1.39. The van der Waals surface area contributed by atoms with Crippen LogP contribution in [0.1, 0.15) is 354 Å². The molecule has 2 unspecified atom stereocenters. The molecule has 0 aliphatic carbocycles. The van der Waals surface area contributed by atoms with Crippen molar-refractivity contribution in [1.29, 1.82) is 0 Å². The summed E-state index contributed by atoms with van der Waals surface area (Å²) in [4.78, 5) is 12.5. The first-order valence-electron chi connectivity index (χ1n) is 31.7. The van der Waals surface area contributed by atoms with E-state index in [9.17, 15) is 15.0 Å². The Labute approximate surface area is 433 Å². The molecule has 69 heavy (non-hydrogen) atoms. The van der Waals surface area contributed by atoms with Gasteiger partial charge in [0.05, 0.1) is 18.8 Å². The van der Waals surface area contributed by atoms with Crippen LogP contribution in [-0.2, 0) is 4.79 Å². The van der Waals surface area contributed by atoms with Gasteiger partial charge < -0.3 is 15.5 Å². The molecule has 0 bridgehead atoms. The molecule has 0 rings (SSSR count). The lowest BCUT2D eigenvalue weighted by Gasteiger charge is -2.19. The van der Waals surface area contributed by atoms with Gasteiger partial charge in [-0.1, -0.05) is 326 Å². The summed E-state index contributed by atoms with van der Waals surface area (Å²) in [7, 11) is 0. The summed E-state index contributed by atoms with van der Waals surface area (Å²) in [5.74, 6) is -0.0665. The molecule has 408 valence electrons. The highest BCUT2D eigenvalue weighted by Gasteiger charge is 2.18. The van der Waals surface area contributed by atoms with E-state index in [0.29, 0.717) is 6.42 Å². The highest BCUT2D eigenvalue weighted by atomic mass is 16.3. The van der Waals surface area contributed by atoms with Gasteiger partial charge in [-0.25, -0.2) is 0 Å². The Morgan fingerprint density at radius 1 is 0.333 bits per heavy atom. The highest BCUT2D eigenvalue weighted by Crippen LogP contribution is 2.18. The fraction of sp³-hybridized carbons (Fsp3) is 0.892. The molecule has 4 nitrogen and oxygen atoms in total. The Morgan fingerprint density at radius 2 is 0.565 bits per heavy atom. The molecule has 3 N–H and O–H groups in total. The third kappa shape index (κ3) is 57.4. The predicted molar refractivity (Wildman–Crippen MR) is 308 cm³/mol. The minimum Gasteiger partial charge on any atom is -0.394 e. The summed E-state index contributed by atoms with van der Waals surface area (Å²) < 4.78 is 0. The van der Waals surface area contributed by atoms with Crippen molar-refractivity contribution in [2.24, 2.45) is 0 Å². The van der Waals surface area contributed by atoms with Crippen molar-refractivity contribution < 1.29 is 15.0 Å². The van der Waals surface area contributed by atoms with Crippen LogP contribution in [0.5, 0.6) is 0 Å². The second-order valence-electron chi connectivity index (χ2n) is 21.8. The van der Waals surface area contributed by atoms with E-state index >= 15 is 0 Å². The van der Waals surface area contributed by atoms with E-state index in [4.69, 9.17) is 0 Å². The molecule has 0 heterocycles. The van der Waals surface area contributed by atoms with Crippen LogP contribution in [0.25, 0.3) is 0 Å². The molecule has 0 spiro atoms. The second kappa shape index (κ2) is 60.9. The number of hydrogen-bond donors (Lipinski definition) is 3. The summed E-state index contributed by atoms with van der Waals surface area (Å²) in [6.45, 7) is 4.34. The first kappa shape index (κ1) is 67.6. The monoisotopic (exact) mass is 968 g/mol. The van der Waals surface area contributed by atoms with E-state index in [-0.39, 0.29) is 12.5 Å². The van der Waals surface area contributed by atoms with Crippen LogP contribution in [0.4, 0.5) is 0 Å². The van der Waals surface area contributed by atoms with Gasteiger partial charge in [0.15, 0.2) is 0 Å². The quantitative estimate of drug-likeness (QED) is 0.0420. The summed E-state index contributed by atoms with van der Waals surface area (Å²) in [6.07, 6.45) is 83.5. The van der Waals surface area contributed by atoms with E-state index in [1.165, 1.54) is 302 Å². The first-order valence-corrected chi connectivity index (χ1v) is 31.7. The lowest BCUT2D eigenvalue weighted by Crippen LogP contribution is -2.45. The zero-order valence-electron chi connectivity index (χ0n) is 47.1. The number of rotatable bonds is 59. The Kier molecular flexibility index (Phi) is 59.7. The molecule has 0 aromatic heterocycles. The lowest BCUT2D eigenvalue weighted by atomic mass is 10.0. The van der Waals surface area contributed by atoms with Gasteiger partial charge in [0.2, 0.25) is 5.91 Å². The predicted octanol–water partition coefficient (Wildman–Crippen LogP) is 21.2. The smallest absolute Gasteiger partial charge is 0.220 e. The van der Waals surface area contributed by atoms with Gasteiger partial charge in [-0.05, 0) is 57.8 Å². The molecule has 0 fully saturated rings. The number of aliphatic hydroxyl groups excluding tert-OH is 2. The van der Waals surface area contributed by atoms with Gasteiger partial charge >= 0.3 is 0 Å². The van der Waals surface area contributed by atoms with Crippen LogP contribution < -0.4 is 5.32 Å². The maximum absolute atomic E-state index is 12.5. The van der Waals surface area contributed by atoms with Crippen molar-refractivity contribution in [3.63, 3.8) is 0 Å². The average molecular weight is 969 g/mol. The van der Waals surface area contributed by atoms with Gasteiger partial charge in [0.1, 0.15) is 0 Å². The molecule has 0 aromatic carbocycles. The number of amides is 1. The van der Waals surface area contributed by atoms with E-state index in [1.807, 2.05) is 6.08 Å². The summed E-state index contributed by atoms with van der Waals surface area (Å²) in [5.41, 5.74) is 0. The van der Waals surface area contributed by atoms with Crippen molar-refractivity contribution in [3.05, 3.63) is 36.5 Å². The number of nitrogens with one attached hydrogen (secondary N) is 1. The molecule has 0 saturated heterocycles. The molecule has 4 heteroatoms. The van der Waals surface area contributed by atoms with Crippen LogP contribution in [0, 0.1) is 0 Å². The molecule has 0 saturated carbocycles. The van der Waals surface area contributed by atoms with Gasteiger partial charge in [-0.2, -0.15) is 0 Å². The topological polar surface area (TPSA) is 69.6 Å². The summed E-state index contributed by atoms with van der Waals surface area (Å²) >= 11 is 0. The van der Waals surface area contributed by atoms with Gasteiger partial charge in [-0.3, -0.25) is 4.79 Å². The fourth-order valence-electron chi connectivity index (χ4n) is 10.0. The second-order valence-corrected chi connectivity index (χ2v) is 21.8. The Bertz CT molecular complexity index is 1050. The molecule has 0 radical (unpaired) electrons. The number of aliphatic hydroxyl groups is 2. The summed E-state index contributed by atoms with van der Waals surface area (Å²) in [5, 5.41) is 23.2. The number of carbonyl (C=O) groups is 1.